The number of carboxylic acids is 1. The van der Waals surface area contributed by atoms with Crippen LogP contribution in [0.1, 0.15) is 12.8 Å². The predicted octanol–water partition coefficient (Wildman–Crippen LogP) is 0.975. The van der Waals surface area contributed by atoms with Crippen LogP contribution in [0.15, 0.2) is 22.8 Å². The summed E-state index contributed by atoms with van der Waals surface area (Å²) in [5, 5.41) is 11.0. The second kappa shape index (κ2) is 6.31. The Morgan fingerprint density at radius 1 is 1.59 bits per heavy atom. The van der Waals surface area contributed by atoms with Gasteiger partial charge in [-0.1, -0.05) is 0 Å². The van der Waals surface area contributed by atoms with Crippen molar-refractivity contribution in [3.63, 3.8) is 0 Å². The van der Waals surface area contributed by atoms with E-state index in [-0.39, 0.29) is 12.8 Å². The fourth-order valence-electron chi connectivity index (χ4n) is 1.10. The summed E-state index contributed by atoms with van der Waals surface area (Å²) in [6.45, 7) is 0. The molecule has 1 atom stereocenters. The van der Waals surface area contributed by atoms with E-state index in [0.29, 0.717) is 10.3 Å². The molecule has 1 rings (SSSR count). The Balaban J connectivity index is 2.54. The van der Waals surface area contributed by atoms with E-state index in [4.69, 9.17) is 10.8 Å². The number of amides is 1. The molecule has 0 spiro atoms. The Labute approximate surface area is 106 Å². The number of pyridine rings is 1. The molecule has 0 fully saturated rings. The molecular formula is C10H12BrN3O3. The molecule has 6 nitrogen and oxygen atoms in total. The number of rotatable bonds is 5. The first kappa shape index (κ1) is 13.6. The highest BCUT2D eigenvalue weighted by Crippen LogP contribution is 2.18. The van der Waals surface area contributed by atoms with Gasteiger partial charge in [0.15, 0.2) is 0 Å². The standard InChI is InChI=1S/C10H12BrN3O3/c11-6-2-1-5-13-9(6)14-10(17)7(12)3-4-8(15)16/h1-2,5,7H,3-4,12H2,(H,15,16)(H,13,14,17). The van der Waals surface area contributed by atoms with Crippen LogP contribution >= 0.6 is 15.9 Å². The van der Waals surface area contributed by atoms with E-state index >= 15 is 0 Å². The second-order valence-electron chi connectivity index (χ2n) is 3.36. The number of aromatic nitrogens is 1. The quantitative estimate of drug-likeness (QED) is 0.751. The minimum atomic E-state index is -0.979. The smallest absolute Gasteiger partial charge is 0.303 e. The van der Waals surface area contributed by atoms with Crippen molar-refractivity contribution in [2.24, 2.45) is 5.73 Å². The monoisotopic (exact) mass is 301 g/mol. The van der Waals surface area contributed by atoms with E-state index in [1.165, 1.54) is 6.20 Å². The number of hydrogen-bond donors (Lipinski definition) is 3. The lowest BCUT2D eigenvalue weighted by Gasteiger charge is -2.11. The molecule has 0 radical (unpaired) electrons. The van der Waals surface area contributed by atoms with Crippen molar-refractivity contribution in [2.75, 3.05) is 5.32 Å². The summed E-state index contributed by atoms with van der Waals surface area (Å²) in [7, 11) is 0. The molecule has 0 saturated heterocycles. The Hall–Kier alpha value is -1.47. The molecule has 0 aliphatic heterocycles. The highest BCUT2D eigenvalue weighted by Gasteiger charge is 2.16. The van der Waals surface area contributed by atoms with Crippen LogP contribution in [0.3, 0.4) is 0 Å². The highest BCUT2D eigenvalue weighted by atomic mass is 79.9. The fourth-order valence-corrected chi connectivity index (χ4v) is 1.45. The molecule has 0 aliphatic carbocycles. The second-order valence-corrected chi connectivity index (χ2v) is 4.22. The zero-order chi connectivity index (χ0) is 12.8. The van der Waals surface area contributed by atoms with Gasteiger partial charge in [-0.15, -0.1) is 0 Å². The van der Waals surface area contributed by atoms with Crippen LogP contribution in [0.5, 0.6) is 0 Å². The van der Waals surface area contributed by atoms with Gasteiger partial charge in [-0.2, -0.15) is 0 Å². The third-order valence-corrected chi connectivity index (χ3v) is 2.65. The lowest BCUT2D eigenvalue weighted by molar-refractivity contribution is -0.137. The summed E-state index contributed by atoms with van der Waals surface area (Å²) in [6.07, 6.45) is 1.48. The number of nitrogens with two attached hydrogens (primary N) is 1. The average molecular weight is 302 g/mol. The van der Waals surface area contributed by atoms with Gasteiger partial charge in [0.2, 0.25) is 5.91 Å². The van der Waals surface area contributed by atoms with Gasteiger partial charge in [0.05, 0.1) is 10.5 Å². The lowest BCUT2D eigenvalue weighted by atomic mass is 10.1. The van der Waals surface area contributed by atoms with Crippen LogP contribution < -0.4 is 11.1 Å². The lowest BCUT2D eigenvalue weighted by Crippen LogP contribution is -2.36. The summed E-state index contributed by atoms with van der Waals surface area (Å²) in [6, 6.07) is 2.58. The number of nitrogens with one attached hydrogen (secondary N) is 1. The number of carbonyl (C=O) groups is 2. The van der Waals surface area contributed by atoms with Crippen LogP contribution in [0.25, 0.3) is 0 Å². The molecule has 0 aromatic carbocycles. The zero-order valence-corrected chi connectivity index (χ0v) is 10.5. The summed E-state index contributed by atoms with van der Waals surface area (Å²) < 4.78 is 0.638. The van der Waals surface area contributed by atoms with Crippen LogP contribution in [-0.2, 0) is 9.59 Å². The fraction of sp³-hybridized carbons (Fsp3) is 0.300. The number of halogens is 1. The van der Waals surface area contributed by atoms with E-state index in [1.807, 2.05) is 0 Å². The third-order valence-electron chi connectivity index (χ3n) is 2.01. The Morgan fingerprint density at radius 3 is 2.88 bits per heavy atom. The molecule has 0 aliphatic rings. The number of hydrogen-bond acceptors (Lipinski definition) is 4. The van der Waals surface area contributed by atoms with Gasteiger partial charge < -0.3 is 16.2 Å². The molecule has 1 aromatic heterocycles. The van der Waals surface area contributed by atoms with Crippen LogP contribution in [0.4, 0.5) is 5.82 Å². The largest absolute Gasteiger partial charge is 0.481 e. The van der Waals surface area contributed by atoms with Gasteiger partial charge in [-0.3, -0.25) is 9.59 Å². The minimum Gasteiger partial charge on any atom is -0.481 e. The number of carboxylic acid groups (broad SMARTS) is 1. The normalized spacial score (nSPS) is 11.9. The highest BCUT2D eigenvalue weighted by molar-refractivity contribution is 9.10. The number of nitrogens with zero attached hydrogens (tertiary/aromatic N) is 1. The van der Waals surface area contributed by atoms with Crippen molar-refractivity contribution in [3.05, 3.63) is 22.8 Å². The average Bonchev–Trinajstić information content (AvgIpc) is 2.28. The summed E-state index contributed by atoms with van der Waals surface area (Å²) in [5.74, 6) is -1.07. The maximum Gasteiger partial charge on any atom is 0.303 e. The van der Waals surface area contributed by atoms with Crippen molar-refractivity contribution in [1.29, 1.82) is 0 Å². The van der Waals surface area contributed by atoms with E-state index in [9.17, 15) is 9.59 Å². The van der Waals surface area contributed by atoms with Crippen molar-refractivity contribution in [1.82, 2.24) is 4.98 Å². The van der Waals surface area contributed by atoms with Gasteiger partial charge in [-0.25, -0.2) is 4.98 Å². The Bertz CT molecular complexity index is 425. The van der Waals surface area contributed by atoms with E-state index in [2.05, 4.69) is 26.2 Å². The molecule has 1 unspecified atom stereocenters. The van der Waals surface area contributed by atoms with Crippen molar-refractivity contribution in [2.45, 2.75) is 18.9 Å². The maximum absolute atomic E-state index is 11.6. The molecule has 0 saturated carbocycles. The molecular weight excluding hydrogens is 290 g/mol. The SMILES string of the molecule is NC(CCC(=O)O)C(=O)Nc1ncccc1Br. The summed E-state index contributed by atoms with van der Waals surface area (Å²) in [5.41, 5.74) is 5.54. The maximum atomic E-state index is 11.6. The summed E-state index contributed by atoms with van der Waals surface area (Å²) in [4.78, 5) is 25.9. The van der Waals surface area contributed by atoms with Gasteiger partial charge in [0, 0.05) is 12.6 Å². The first-order chi connectivity index (χ1) is 8.00. The molecule has 1 heterocycles. The molecule has 1 amide bonds. The third kappa shape index (κ3) is 4.49. The topological polar surface area (TPSA) is 105 Å². The number of anilines is 1. The Morgan fingerprint density at radius 2 is 2.29 bits per heavy atom. The number of carbonyl (C=O) groups excluding carboxylic acids is 1. The minimum absolute atomic E-state index is 0.0889. The van der Waals surface area contributed by atoms with E-state index in [1.54, 1.807) is 12.1 Å². The van der Waals surface area contributed by atoms with Gasteiger partial charge in [0.1, 0.15) is 5.82 Å². The first-order valence-electron chi connectivity index (χ1n) is 4.89. The first-order valence-corrected chi connectivity index (χ1v) is 5.68. The van der Waals surface area contributed by atoms with E-state index < -0.39 is 17.9 Å². The number of aliphatic carboxylic acids is 1. The van der Waals surface area contributed by atoms with Crippen LogP contribution in [-0.4, -0.2) is 28.0 Å². The molecule has 0 bridgehead atoms. The van der Waals surface area contributed by atoms with Gasteiger partial charge in [-0.05, 0) is 34.5 Å². The van der Waals surface area contributed by atoms with Crippen LogP contribution in [0.2, 0.25) is 0 Å². The van der Waals surface area contributed by atoms with Gasteiger partial charge in [0.25, 0.3) is 0 Å². The van der Waals surface area contributed by atoms with Crippen molar-refractivity contribution < 1.29 is 14.7 Å². The predicted molar refractivity (Wildman–Crippen MR) is 65.4 cm³/mol. The van der Waals surface area contributed by atoms with Crippen LogP contribution in [0, 0.1) is 0 Å². The summed E-state index contributed by atoms with van der Waals surface area (Å²) >= 11 is 3.22. The molecule has 7 heteroatoms. The molecule has 1 aromatic rings. The molecule has 17 heavy (non-hydrogen) atoms. The van der Waals surface area contributed by atoms with E-state index in [0.717, 1.165) is 0 Å². The molecule has 4 N–H and O–H groups in total. The van der Waals surface area contributed by atoms with Crippen molar-refractivity contribution >= 4 is 33.6 Å². The molecule has 92 valence electrons. The van der Waals surface area contributed by atoms with Gasteiger partial charge >= 0.3 is 5.97 Å². The zero-order valence-electron chi connectivity index (χ0n) is 8.89. The Kier molecular flexibility index (Phi) is 5.05. The van der Waals surface area contributed by atoms with Crippen molar-refractivity contribution in [3.8, 4) is 0 Å².